The molecule has 3 nitrogen and oxygen atoms in total. The molecule has 0 saturated heterocycles. The average Bonchev–Trinajstić information content (AvgIpc) is 2.72. The predicted molar refractivity (Wildman–Crippen MR) is 80.4 cm³/mol. The number of hydrogen-bond donors (Lipinski definition) is 0. The summed E-state index contributed by atoms with van der Waals surface area (Å²) in [6, 6.07) is 1.73. The monoisotopic (exact) mass is 402 g/mol. The van der Waals surface area contributed by atoms with Crippen molar-refractivity contribution in [3.05, 3.63) is 34.8 Å². The van der Waals surface area contributed by atoms with Gasteiger partial charge in [-0.15, -0.1) is 0 Å². The molecule has 0 N–H and O–H groups in total. The predicted octanol–water partition coefficient (Wildman–Crippen LogP) is 4.53. The van der Waals surface area contributed by atoms with Gasteiger partial charge in [0.1, 0.15) is 11.6 Å². The first kappa shape index (κ1) is 20.4. The van der Waals surface area contributed by atoms with Crippen LogP contribution < -0.4 is 0 Å². The van der Waals surface area contributed by atoms with Crippen LogP contribution in [0.1, 0.15) is 16.8 Å². The summed E-state index contributed by atoms with van der Waals surface area (Å²) in [6.07, 6.45) is -9.49. The van der Waals surface area contributed by atoms with Crippen LogP contribution in [0.3, 0.4) is 0 Å². The zero-order chi connectivity index (χ0) is 20.0. The lowest BCUT2D eigenvalue weighted by atomic mass is 10.0. The number of hydrogen-bond acceptors (Lipinski definition) is 2. The molecule has 1 unspecified atom stereocenters. The van der Waals surface area contributed by atoms with Crippen molar-refractivity contribution in [2.45, 2.75) is 31.1 Å². The lowest BCUT2D eigenvalue weighted by molar-refractivity contribution is -0.141. The third-order valence-corrected chi connectivity index (χ3v) is 5.13. The molecule has 1 aromatic carbocycles. The molecule has 2 rings (SSSR count). The molecule has 1 atom stereocenters. The fourth-order valence-electron chi connectivity index (χ4n) is 2.58. The lowest BCUT2D eigenvalue weighted by Crippen LogP contribution is -2.19. The molecule has 11 heteroatoms. The van der Waals surface area contributed by atoms with Crippen molar-refractivity contribution in [3.63, 3.8) is 0 Å². The van der Waals surface area contributed by atoms with E-state index in [4.69, 9.17) is 0 Å². The van der Waals surface area contributed by atoms with Crippen molar-refractivity contribution in [3.8, 4) is 11.3 Å². The van der Waals surface area contributed by atoms with Crippen LogP contribution in [0.5, 0.6) is 0 Å². The van der Waals surface area contributed by atoms with Gasteiger partial charge in [0.2, 0.25) is 0 Å². The van der Waals surface area contributed by atoms with E-state index in [9.17, 15) is 34.9 Å². The van der Waals surface area contributed by atoms with Crippen LogP contribution in [0.2, 0.25) is 0 Å². The SMILES string of the molecule is Cc1cc(F)c(-c2c(C)c(C(F)(F)F)nn2C)cc1S(=O)CC(F)(F)F. The Hall–Kier alpha value is -1.91. The molecule has 0 aliphatic rings. The molecule has 0 spiro atoms. The summed E-state index contributed by atoms with van der Waals surface area (Å²) >= 11 is 0. The van der Waals surface area contributed by atoms with E-state index >= 15 is 0 Å². The van der Waals surface area contributed by atoms with Crippen molar-refractivity contribution < 1.29 is 34.9 Å². The van der Waals surface area contributed by atoms with Gasteiger partial charge < -0.3 is 0 Å². The van der Waals surface area contributed by atoms with Gasteiger partial charge in [0, 0.05) is 23.1 Å². The maximum atomic E-state index is 14.3. The second-order valence-electron chi connectivity index (χ2n) is 5.65. The first-order valence-electron chi connectivity index (χ1n) is 7.09. The molecule has 144 valence electrons. The third kappa shape index (κ3) is 4.08. The van der Waals surface area contributed by atoms with Gasteiger partial charge >= 0.3 is 12.4 Å². The van der Waals surface area contributed by atoms with Crippen LogP contribution in [0, 0.1) is 19.7 Å². The number of halogens is 7. The highest BCUT2D eigenvalue weighted by atomic mass is 32.2. The largest absolute Gasteiger partial charge is 0.435 e. The number of alkyl halides is 6. The Bertz CT molecular complexity index is 868. The number of benzene rings is 1. The van der Waals surface area contributed by atoms with Crippen LogP contribution in [0.15, 0.2) is 17.0 Å². The van der Waals surface area contributed by atoms with E-state index in [-0.39, 0.29) is 21.7 Å². The first-order chi connectivity index (χ1) is 11.7. The molecule has 1 heterocycles. The summed E-state index contributed by atoms with van der Waals surface area (Å²) in [5.74, 6) is -2.59. The Kier molecular flexibility index (Phi) is 5.24. The Morgan fingerprint density at radius 1 is 1.12 bits per heavy atom. The average molecular weight is 402 g/mol. The molecule has 26 heavy (non-hydrogen) atoms. The highest BCUT2D eigenvalue weighted by molar-refractivity contribution is 7.85. The van der Waals surface area contributed by atoms with Gasteiger partial charge in [-0.1, -0.05) is 0 Å². The van der Waals surface area contributed by atoms with E-state index in [0.717, 1.165) is 30.8 Å². The van der Waals surface area contributed by atoms with Crippen molar-refractivity contribution in [2.24, 2.45) is 7.05 Å². The zero-order valence-electron chi connectivity index (χ0n) is 13.7. The minimum absolute atomic E-state index is 0.00435. The molecule has 0 amide bonds. The van der Waals surface area contributed by atoms with E-state index in [1.165, 1.54) is 6.92 Å². The molecule has 0 saturated carbocycles. The molecule has 2 aromatic rings. The minimum Gasteiger partial charge on any atom is -0.267 e. The lowest BCUT2D eigenvalue weighted by Gasteiger charge is -2.13. The maximum Gasteiger partial charge on any atom is 0.435 e. The summed E-state index contributed by atoms with van der Waals surface area (Å²) in [5, 5.41) is 3.32. The maximum absolute atomic E-state index is 14.3. The molecule has 0 bridgehead atoms. The van der Waals surface area contributed by atoms with E-state index in [1.54, 1.807) is 0 Å². The highest BCUT2D eigenvalue weighted by Crippen LogP contribution is 2.37. The van der Waals surface area contributed by atoms with Crippen molar-refractivity contribution >= 4 is 10.8 Å². The van der Waals surface area contributed by atoms with Gasteiger partial charge in [-0.25, -0.2) is 4.39 Å². The van der Waals surface area contributed by atoms with Crippen LogP contribution in [0.4, 0.5) is 30.7 Å². The number of aromatic nitrogens is 2. The summed E-state index contributed by atoms with van der Waals surface area (Å²) in [5.41, 5.74) is -2.25. The molecule has 1 aromatic heterocycles. The highest BCUT2D eigenvalue weighted by Gasteiger charge is 2.38. The Balaban J connectivity index is 2.64. The Labute approximate surface area is 146 Å². The van der Waals surface area contributed by atoms with Gasteiger partial charge in [0.15, 0.2) is 5.69 Å². The fourth-order valence-corrected chi connectivity index (χ4v) is 3.70. The molecular formula is C15H13F7N2OS. The van der Waals surface area contributed by atoms with E-state index < -0.39 is 46.0 Å². The number of rotatable bonds is 3. The van der Waals surface area contributed by atoms with Gasteiger partial charge in [-0.05, 0) is 31.5 Å². The first-order valence-corrected chi connectivity index (χ1v) is 8.40. The van der Waals surface area contributed by atoms with Gasteiger partial charge in [-0.3, -0.25) is 8.89 Å². The zero-order valence-corrected chi connectivity index (χ0v) is 14.5. The van der Waals surface area contributed by atoms with Gasteiger partial charge in [0.25, 0.3) is 0 Å². The van der Waals surface area contributed by atoms with Gasteiger partial charge in [0.05, 0.1) is 16.5 Å². The third-order valence-electron chi connectivity index (χ3n) is 3.61. The van der Waals surface area contributed by atoms with Crippen LogP contribution in [0.25, 0.3) is 11.3 Å². The van der Waals surface area contributed by atoms with Crippen molar-refractivity contribution in [2.75, 3.05) is 5.75 Å². The van der Waals surface area contributed by atoms with E-state index in [1.807, 2.05) is 0 Å². The molecule has 0 fully saturated rings. The second-order valence-corrected chi connectivity index (χ2v) is 7.07. The smallest absolute Gasteiger partial charge is 0.267 e. The van der Waals surface area contributed by atoms with E-state index in [2.05, 4.69) is 5.10 Å². The van der Waals surface area contributed by atoms with E-state index in [0.29, 0.717) is 0 Å². The number of aryl methyl sites for hydroxylation is 2. The van der Waals surface area contributed by atoms with Crippen molar-refractivity contribution in [1.82, 2.24) is 9.78 Å². The summed E-state index contributed by atoms with van der Waals surface area (Å²) in [6.45, 7) is 2.35. The topological polar surface area (TPSA) is 34.9 Å². The van der Waals surface area contributed by atoms with Crippen molar-refractivity contribution in [1.29, 1.82) is 0 Å². The number of nitrogens with zero attached hydrogens (tertiary/aromatic N) is 2. The summed E-state index contributed by atoms with van der Waals surface area (Å²) in [7, 11) is -1.37. The quantitative estimate of drug-likeness (QED) is 0.707. The normalized spacial score (nSPS) is 13.9. The summed E-state index contributed by atoms with van der Waals surface area (Å²) in [4.78, 5) is -0.298. The Morgan fingerprint density at radius 3 is 2.15 bits per heavy atom. The molecular weight excluding hydrogens is 389 g/mol. The minimum atomic E-state index is -4.77. The second kappa shape index (κ2) is 6.67. The molecule has 0 aliphatic heterocycles. The summed E-state index contributed by atoms with van der Waals surface area (Å²) < 4.78 is 103. The molecule has 0 aliphatic carbocycles. The van der Waals surface area contributed by atoms with Crippen LogP contribution in [-0.2, 0) is 24.0 Å². The van der Waals surface area contributed by atoms with Crippen LogP contribution >= 0.6 is 0 Å². The van der Waals surface area contributed by atoms with Gasteiger partial charge in [-0.2, -0.15) is 31.4 Å². The molecule has 0 radical (unpaired) electrons. The fraction of sp³-hybridized carbons (Fsp3) is 0.400. The Morgan fingerprint density at radius 2 is 1.69 bits per heavy atom. The standard InChI is InChI=1S/C15H13F7N2OS/c1-7-4-10(16)9(5-11(7)26(25)6-14(17,18)19)12-8(2)13(15(20,21)22)23-24(12)3/h4-5H,6H2,1-3H3. The van der Waals surface area contributed by atoms with Crippen LogP contribution in [-0.4, -0.2) is 25.9 Å².